The molecule has 0 aromatic heterocycles. The maximum atomic E-state index is 13.0. The van der Waals surface area contributed by atoms with Gasteiger partial charge in [0.25, 0.3) is 5.79 Å². The van der Waals surface area contributed by atoms with E-state index in [-0.39, 0.29) is 12.8 Å². The van der Waals surface area contributed by atoms with Crippen LogP contribution in [0.5, 0.6) is 0 Å². The van der Waals surface area contributed by atoms with Crippen molar-refractivity contribution in [3.8, 4) is 0 Å². The van der Waals surface area contributed by atoms with Gasteiger partial charge in [0.2, 0.25) is 17.4 Å². The van der Waals surface area contributed by atoms with E-state index in [1.807, 2.05) is 0 Å². The number of rotatable bonds is 5. The first-order valence-electron chi connectivity index (χ1n) is 9.55. The van der Waals surface area contributed by atoms with E-state index in [0.29, 0.717) is 0 Å². The lowest BCUT2D eigenvalue weighted by atomic mass is 9.78. The summed E-state index contributed by atoms with van der Waals surface area (Å²) in [5.74, 6) is -6.04. The van der Waals surface area contributed by atoms with Gasteiger partial charge in [-0.3, -0.25) is 0 Å². The van der Waals surface area contributed by atoms with Crippen LogP contribution >= 0.6 is 0 Å². The van der Waals surface area contributed by atoms with Crippen molar-refractivity contribution in [1.29, 1.82) is 0 Å². The fraction of sp³-hybridized carbons (Fsp3) is 0.947. The Morgan fingerprint density at radius 2 is 1.55 bits per heavy atom. The number of fused-ring (bicyclic) bond motifs is 1. The molecule has 10 nitrogen and oxygen atoms in total. The lowest BCUT2D eigenvalue weighted by Crippen LogP contribution is -2.70. The molecule has 1 N–H and O–H groups in total. The molecule has 0 unspecified atom stereocenters. The van der Waals surface area contributed by atoms with E-state index in [1.165, 1.54) is 28.4 Å². The van der Waals surface area contributed by atoms with Gasteiger partial charge >= 0.3 is 5.97 Å². The lowest BCUT2D eigenvalue weighted by Gasteiger charge is -2.55. The molecule has 10 heteroatoms. The van der Waals surface area contributed by atoms with Crippen LogP contribution in [0.1, 0.15) is 40.5 Å². The van der Waals surface area contributed by atoms with Gasteiger partial charge < -0.3 is 43.0 Å². The molecule has 2 aliphatic heterocycles. The summed E-state index contributed by atoms with van der Waals surface area (Å²) in [6.45, 7) is 6.51. The molecule has 7 atom stereocenters. The molecule has 0 aromatic carbocycles. The highest BCUT2D eigenvalue weighted by Gasteiger charge is 2.69. The van der Waals surface area contributed by atoms with Crippen molar-refractivity contribution >= 4 is 5.97 Å². The normalized spacial score (nSPS) is 47.9. The zero-order chi connectivity index (χ0) is 21.9. The van der Waals surface area contributed by atoms with Gasteiger partial charge in [0.15, 0.2) is 5.60 Å². The van der Waals surface area contributed by atoms with Crippen molar-refractivity contribution in [2.45, 2.75) is 87.6 Å². The number of aliphatic hydroxyl groups is 1. The smallest absolute Gasteiger partial charge is 0.341 e. The second-order valence-electron chi connectivity index (χ2n) is 8.30. The summed E-state index contributed by atoms with van der Waals surface area (Å²) in [5, 5.41) is 10.9. The van der Waals surface area contributed by atoms with E-state index >= 15 is 0 Å². The standard InChI is InChI=1S/C19H32O10/c1-15(22-5,23-6)18(4)28-14(21)19(29-18)9-11(20)13-12(10-19)26-16(2,24-7)17(3,25-8)27-13/h11-13,20H,9-10H2,1-8H3/t11-,12-,13-,16+,17+,18-,19+/m1/s1. The van der Waals surface area contributed by atoms with Gasteiger partial charge in [0.1, 0.15) is 6.10 Å². The molecular formula is C19H32O10. The van der Waals surface area contributed by atoms with E-state index in [1.54, 1.807) is 27.7 Å². The van der Waals surface area contributed by atoms with Gasteiger partial charge in [-0.25, -0.2) is 4.79 Å². The Bertz CT molecular complexity index is 653. The third kappa shape index (κ3) is 3.12. The van der Waals surface area contributed by atoms with Crippen molar-refractivity contribution < 1.29 is 47.8 Å². The molecule has 2 heterocycles. The van der Waals surface area contributed by atoms with Crippen LogP contribution in [0.15, 0.2) is 0 Å². The third-order valence-corrected chi connectivity index (χ3v) is 6.81. The van der Waals surface area contributed by atoms with Gasteiger partial charge in [-0.15, -0.1) is 0 Å². The number of esters is 1. The Kier molecular flexibility index (Phi) is 5.59. The lowest BCUT2D eigenvalue weighted by molar-refractivity contribution is -0.462. The van der Waals surface area contributed by atoms with E-state index in [2.05, 4.69) is 0 Å². The van der Waals surface area contributed by atoms with Crippen LogP contribution in [0.3, 0.4) is 0 Å². The number of hydrogen-bond donors (Lipinski definition) is 1. The van der Waals surface area contributed by atoms with E-state index < -0.39 is 53.0 Å². The first-order valence-corrected chi connectivity index (χ1v) is 9.55. The number of hydrogen-bond acceptors (Lipinski definition) is 10. The Morgan fingerprint density at radius 1 is 1.00 bits per heavy atom. The zero-order valence-electron chi connectivity index (χ0n) is 18.3. The molecule has 0 radical (unpaired) electrons. The van der Waals surface area contributed by atoms with Crippen LogP contribution in [0.4, 0.5) is 0 Å². The summed E-state index contributed by atoms with van der Waals surface area (Å²) in [7, 11) is 5.79. The van der Waals surface area contributed by atoms with Gasteiger partial charge in [0, 0.05) is 48.2 Å². The fourth-order valence-electron chi connectivity index (χ4n) is 4.31. The summed E-state index contributed by atoms with van der Waals surface area (Å²) in [6, 6.07) is 0. The predicted octanol–water partition coefficient (Wildman–Crippen LogP) is 0.688. The topological polar surface area (TPSA) is 111 Å². The van der Waals surface area contributed by atoms with Crippen LogP contribution in [0.2, 0.25) is 0 Å². The van der Waals surface area contributed by atoms with Crippen molar-refractivity contribution in [1.82, 2.24) is 0 Å². The summed E-state index contributed by atoms with van der Waals surface area (Å²) >= 11 is 0. The Balaban J connectivity index is 1.92. The Hall–Kier alpha value is -0.850. The first kappa shape index (κ1) is 22.8. The van der Waals surface area contributed by atoms with E-state index in [9.17, 15) is 9.90 Å². The minimum atomic E-state index is -1.53. The van der Waals surface area contributed by atoms with Gasteiger partial charge in [-0.1, -0.05) is 0 Å². The number of methoxy groups -OCH3 is 4. The third-order valence-electron chi connectivity index (χ3n) is 6.81. The Labute approximate surface area is 170 Å². The van der Waals surface area contributed by atoms with Crippen LogP contribution in [0.25, 0.3) is 0 Å². The summed E-state index contributed by atoms with van der Waals surface area (Å²) in [5.41, 5.74) is -1.45. The number of carbonyl (C=O) groups is 1. The molecule has 29 heavy (non-hydrogen) atoms. The molecule has 3 fully saturated rings. The molecule has 168 valence electrons. The molecule has 0 aromatic rings. The molecular weight excluding hydrogens is 388 g/mol. The minimum Gasteiger partial charge on any atom is -0.425 e. The Morgan fingerprint density at radius 3 is 2.07 bits per heavy atom. The number of cyclic esters (lactones) is 1. The molecule has 2 saturated heterocycles. The summed E-state index contributed by atoms with van der Waals surface area (Å²) < 4.78 is 45.8. The number of carbonyl (C=O) groups excluding carboxylic acids is 1. The van der Waals surface area contributed by atoms with Gasteiger partial charge in [-0.2, -0.15) is 0 Å². The number of ether oxygens (including phenoxy) is 8. The number of aliphatic hydroxyl groups excluding tert-OH is 1. The van der Waals surface area contributed by atoms with Crippen LogP contribution < -0.4 is 0 Å². The molecule has 1 aliphatic carbocycles. The van der Waals surface area contributed by atoms with Crippen molar-refractivity contribution in [2.75, 3.05) is 28.4 Å². The molecule has 3 rings (SSSR count). The molecule has 0 bridgehead atoms. The molecule has 1 saturated carbocycles. The minimum absolute atomic E-state index is 0.0427. The zero-order valence-corrected chi connectivity index (χ0v) is 18.3. The van der Waals surface area contributed by atoms with Crippen molar-refractivity contribution in [3.05, 3.63) is 0 Å². The quantitative estimate of drug-likeness (QED) is 0.504. The molecule has 3 aliphatic rings. The fourth-order valence-corrected chi connectivity index (χ4v) is 4.31. The second-order valence-corrected chi connectivity index (χ2v) is 8.30. The second kappa shape index (κ2) is 7.10. The highest BCUT2D eigenvalue weighted by molar-refractivity contribution is 5.82. The van der Waals surface area contributed by atoms with E-state index in [4.69, 9.17) is 37.9 Å². The highest BCUT2D eigenvalue weighted by atomic mass is 16.8. The van der Waals surface area contributed by atoms with Crippen LogP contribution in [0, 0.1) is 0 Å². The van der Waals surface area contributed by atoms with Crippen molar-refractivity contribution in [3.63, 3.8) is 0 Å². The monoisotopic (exact) mass is 420 g/mol. The van der Waals surface area contributed by atoms with E-state index in [0.717, 1.165) is 0 Å². The summed E-state index contributed by atoms with van der Waals surface area (Å²) in [4.78, 5) is 13.0. The van der Waals surface area contributed by atoms with Crippen molar-refractivity contribution in [2.24, 2.45) is 0 Å². The maximum absolute atomic E-state index is 13.0. The summed E-state index contributed by atoms with van der Waals surface area (Å²) in [6.07, 6.45) is -2.48. The average molecular weight is 420 g/mol. The molecule has 0 amide bonds. The average Bonchev–Trinajstić information content (AvgIpc) is 2.93. The van der Waals surface area contributed by atoms with Gasteiger partial charge in [-0.05, 0) is 20.8 Å². The largest absolute Gasteiger partial charge is 0.425 e. The van der Waals surface area contributed by atoms with Gasteiger partial charge in [0.05, 0.1) is 12.2 Å². The highest BCUT2D eigenvalue weighted by Crippen LogP contribution is 2.51. The van der Waals surface area contributed by atoms with Crippen LogP contribution in [-0.2, 0) is 42.7 Å². The molecule has 1 spiro atoms. The van der Waals surface area contributed by atoms with Crippen LogP contribution in [-0.4, -0.2) is 86.6 Å². The maximum Gasteiger partial charge on any atom is 0.341 e. The first-order chi connectivity index (χ1) is 13.4. The SMILES string of the molecule is COC(C)(OC)[C@]1(C)OC(=O)[C@@]2(C[C@@H](O)[C@H]3O[C@](C)(OC)[C@@](C)(OC)O[C@@H]3C2)O1. The predicted molar refractivity (Wildman–Crippen MR) is 96.6 cm³/mol.